The van der Waals surface area contributed by atoms with E-state index in [2.05, 4.69) is 29.2 Å². The van der Waals surface area contributed by atoms with Crippen molar-refractivity contribution in [1.29, 1.82) is 0 Å². The van der Waals surface area contributed by atoms with Gasteiger partial charge < -0.3 is 19.5 Å². The van der Waals surface area contributed by atoms with Gasteiger partial charge in [0.15, 0.2) is 5.11 Å². The van der Waals surface area contributed by atoms with E-state index in [1.165, 1.54) is 0 Å². The van der Waals surface area contributed by atoms with Crippen molar-refractivity contribution in [3.63, 3.8) is 0 Å². The molecule has 3 aromatic rings. The van der Waals surface area contributed by atoms with E-state index in [4.69, 9.17) is 26.5 Å². The first kappa shape index (κ1) is 21.1. The van der Waals surface area contributed by atoms with Gasteiger partial charge in [-0.1, -0.05) is 48.0 Å². The average Bonchev–Trinajstić information content (AvgIpc) is 3.26. The van der Waals surface area contributed by atoms with Crippen molar-refractivity contribution in [2.75, 3.05) is 13.7 Å². The smallest absolute Gasteiger partial charge is 0.258 e. The van der Waals surface area contributed by atoms with Crippen LogP contribution in [0.4, 0.5) is 0 Å². The lowest BCUT2D eigenvalue weighted by molar-refractivity contribution is 0.396. The summed E-state index contributed by atoms with van der Waals surface area (Å²) in [5.74, 6) is 1.83. The van der Waals surface area contributed by atoms with Gasteiger partial charge in [-0.25, -0.2) is 0 Å². The molecule has 4 rings (SSSR count). The molecule has 0 saturated heterocycles. The SMILES string of the molecule is CCCN1C(=S)NC(c2cccc(OC)c2)C(c2nc(-c3cccc(C)c3)no2)=C1C. The van der Waals surface area contributed by atoms with Crippen LogP contribution in [0, 0.1) is 6.92 Å². The number of rotatable bonds is 6. The van der Waals surface area contributed by atoms with Crippen molar-refractivity contribution in [1.82, 2.24) is 20.4 Å². The summed E-state index contributed by atoms with van der Waals surface area (Å²) in [6.45, 7) is 7.05. The summed E-state index contributed by atoms with van der Waals surface area (Å²) >= 11 is 5.69. The predicted molar refractivity (Wildman–Crippen MR) is 126 cm³/mol. The lowest BCUT2D eigenvalue weighted by Crippen LogP contribution is -2.46. The Morgan fingerprint density at radius 3 is 2.71 bits per heavy atom. The summed E-state index contributed by atoms with van der Waals surface area (Å²) in [6, 6.07) is 15.8. The van der Waals surface area contributed by atoms with Gasteiger partial charge in [-0.3, -0.25) is 0 Å². The Bertz CT molecular complexity index is 1140. The molecule has 0 saturated carbocycles. The predicted octanol–water partition coefficient (Wildman–Crippen LogP) is 5.13. The van der Waals surface area contributed by atoms with Crippen molar-refractivity contribution >= 4 is 22.9 Å². The number of hydrogen-bond donors (Lipinski definition) is 1. The molecule has 1 N–H and O–H groups in total. The standard InChI is InChI=1S/C24H26N4O2S/c1-5-12-28-16(3)20(21(25-24(28)31)17-9-7-11-19(14-17)29-4)23-26-22(27-30-23)18-10-6-8-15(2)13-18/h6-11,13-14,21H,5,12H2,1-4H3,(H,25,31). The molecule has 1 atom stereocenters. The summed E-state index contributed by atoms with van der Waals surface area (Å²) in [5, 5.41) is 8.43. The number of hydrogen-bond acceptors (Lipinski definition) is 5. The fourth-order valence-corrected chi connectivity index (χ4v) is 4.20. The molecule has 2 heterocycles. The molecule has 0 fully saturated rings. The first-order valence-corrected chi connectivity index (χ1v) is 10.8. The maximum atomic E-state index is 5.78. The Balaban J connectivity index is 1.82. The molecule has 0 aliphatic carbocycles. The van der Waals surface area contributed by atoms with Gasteiger partial charge in [0.2, 0.25) is 5.82 Å². The van der Waals surface area contributed by atoms with E-state index in [0.717, 1.165) is 46.7 Å². The minimum absolute atomic E-state index is 0.221. The van der Waals surface area contributed by atoms with Gasteiger partial charge in [-0.05, 0) is 56.2 Å². The molecule has 0 bridgehead atoms. The molecule has 1 aromatic heterocycles. The van der Waals surface area contributed by atoms with E-state index in [0.29, 0.717) is 16.8 Å². The molecule has 1 unspecified atom stereocenters. The Morgan fingerprint density at radius 1 is 1.16 bits per heavy atom. The van der Waals surface area contributed by atoms with Gasteiger partial charge in [0, 0.05) is 17.8 Å². The second-order valence-corrected chi connectivity index (χ2v) is 7.99. The molecule has 0 spiro atoms. The molecule has 0 amide bonds. The number of aryl methyl sites for hydroxylation is 1. The zero-order chi connectivity index (χ0) is 22.0. The van der Waals surface area contributed by atoms with E-state index >= 15 is 0 Å². The van der Waals surface area contributed by atoms with Crippen molar-refractivity contribution in [3.8, 4) is 17.1 Å². The summed E-state index contributed by atoms with van der Waals surface area (Å²) in [6.07, 6.45) is 0.967. The highest BCUT2D eigenvalue weighted by Crippen LogP contribution is 2.38. The zero-order valence-electron chi connectivity index (χ0n) is 18.2. The van der Waals surface area contributed by atoms with Crippen LogP contribution in [0.3, 0.4) is 0 Å². The number of ether oxygens (including phenoxy) is 1. The Kier molecular flexibility index (Phi) is 6.04. The lowest BCUT2D eigenvalue weighted by atomic mass is 9.94. The fourth-order valence-electron chi connectivity index (χ4n) is 3.86. The molecule has 1 aliphatic heterocycles. The average molecular weight is 435 g/mol. The maximum Gasteiger partial charge on any atom is 0.258 e. The number of benzene rings is 2. The number of nitrogens with one attached hydrogen (secondary N) is 1. The first-order valence-electron chi connectivity index (χ1n) is 10.4. The molecule has 31 heavy (non-hydrogen) atoms. The van der Waals surface area contributed by atoms with Crippen LogP contribution in [0.15, 0.2) is 58.8 Å². The van der Waals surface area contributed by atoms with Gasteiger partial charge >= 0.3 is 0 Å². The second-order valence-electron chi connectivity index (χ2n) is 7.60. The first-order chi connectivity index (χ1) is 15.0. The van der Waals surface area contributed by atoms with Crippen LogP contribution in [0.1, 0.15) is 43.3 Å². The van der Waals surface area contributed by atoms with Gasteiger partial charge in [0.05, 0.1) is 18.7 Å². The van der Waals surface area contributed by atoms with Crippen LogP contribution >= 0.6 is 12.2 Å². The molecule has 0 radical (unpaired) electrons. The Hall–Kier alpha value is -3.19. The van der Waals surface area contributed by atoms with Gasteiger partial charge in [-0.2, -0.15) is 4.98 Å². The quantitative estimate of drug-likeness (QED) is 0.540. The molecule has 6 nitrogen and oxygen atoms in total. The molecule has 2 aromatic carbocycles. The lowest BCUT2D eigenvalue weighted by Gasteiger charge is -2.37. The third-order valence-electron chi connectivity index (χ3n) is 5.40. The Morgan fingerprint density at radius 2 is 1.97 bits per heavy atom. The monoisotopic (exact) mass is 434 g/mol. The van der Waals surface area contributed by atoms with Crippen molar-refractivity contribution in [3.05, 3.63) is 71.2 Å². The van der Waals surface area contributed by atoms with E-state index < -0.39 is 0 Å². The topological polar surface area (TPSA) is 63.4 Å². The van der Waals surface area contributed by atoms with Crippen LogP contribution in [-0.4, -0.2) is 33.8 Å². The normalized spacial score (nSPS) is 16.5. The largest absolute Gasteiger partial charge is 0.497 e. The summed E-state index contributed by atoms with van der Waals surface area (Å²) in [4.78, 5) is 6.85. The fraction of sp³-hybridized carbons (Fsp3) is 0.292. The molecule has 1 aliphatic rings. The summed E-state index contributed by atoms with van der Waals surface area (Å²) in [7, 11) is 1.66. The molecular formula is C24H26N4O2S. The van der Waals surface area contributed by atoms with Gasteiger partial charge in [-0.15, -0.1) is 0 Å². The molecule has 7 heteroatoms. The minimum Gasteiger partial charge on any atom is -0.497 e. The van der Waals surface area contributed by atoms with Gasteiger partial charge in [0.25, 0.3) is 5.89 Å². The zero-order valence-corrected chi connectivity index (χ0v) is 19.0. The highest BCUT2D eigenvalue weighted by Gasteiger charge is 2.34. The number of nitrogens with zero attached hydrogens (tertiary/aromatic N) is 3. The van der Waals surface area contributed by atoms with Gasteiger partial charge in [0.1, 0.15) is 5.75 Å². The number of aromatic nitrogens is 2. The Labute approximate surface area is 187 Å². The van der Waals surface area contributed by atoms with Crippen molar-refractivity contribution in [2.24, 2.45) is 0 Å². The number of thiocarbonyl (C=S) groups is 1. The van der Waals surface area contributed by atoms with Crippen LogP contribution < -0.4 is 10.1 Å². The highest BCUT2D eigenvalue weighted by molar-refractivity contribution is 7.80. The van der Waals surface area contributed by atoms with Crippen LogP contribution in [0.5, 0.6) is 5.75 Å². The maximum absolute atomic E-state index is 5.78. The van der Waals surface area contributed by atoms with E-state index in [-0.39, 0.29) is 6.04 Å². The minimum atomic E-state index is -0.221. The van der Waals surface area contributed by atoms with Crippen molar-refractivity contribution < 1.29 is 9.26 Å². The number of methoxy groups -OCH3 is 1. The second kappa shape index (κ2) is 8.89. The third kappa shape index (κ3) is 4.18. The van der Waals surface area contributed by atoms with Crippen LogP contribution in [-0.2, 0) is 0 Å². The van der Waals surface area contributed by atoms with E-state index in [9.17, 15) is 0 Å². The summed E-state index contributed by atoms with van der Waals surface area (Å²) in [5.41, 5.74) is 5.02. The highest BCUT2D eigenvalue weighted by atomic mass is 32.1. The van der Waals surface area contributed by atoms with Crippen LogP contribution in [0.2, 0.25) is 0 Å². The van der Waals surface area contributed by atoms with Crippen LogP contribution in [0.25, 0.3) is 17.0 Å². The molecular weight excluding hydrogens is 408 g/mol. The van der Waals surface area contributed by atoms with E-state index in [1.54, 1.807) is 7.11 Å². The van der Waals surface area contributed by atoms with Crippen molar-refractivity contribution in [2.45, 2.75) is 33.2 Å². The third-order valence-corrected chi connectivity index (χ3v) is 5.74. The van der Waals surface area contributed by atoms with E-state index in [1.807, 2.05) is 55.5 Å². The molecule has 160 valence electrons. The summed E-state index contributed by atoms with van der Waals surface area (Å²) < 4.78 is 11.2. The number of allylic oxidation sites excluding steroid dienone is 1.